The van der Waals surface area contributed by atoms with Crippen LogP contribution < -0.4 is 9.47 Å². The lowest BCUT2D eigenvalue weighted by molar-refractivity contribution is 0.0734. The predicted molar refractivity (Wildman–Crippen MR) is 131 cm³/mol. The van der Waals surface area contributed by atoms with Crippen molar-refractivity contribution in [3.05, 3.63) is 71.8 Å². The molecular weight excluding hydrogens is 396 g/mol. The molecule has 0 heterocycles. The molecule has 0 saturated heterocycles. The van der Waals surface area contributed by atoms with E-state index in [-0.39, 0.29) is 5.97 Å². The monoisotopic (exact) mass is 434 g/mol. The lowest BCUT2D eigenvalue weighted by Gasteiger charge is -2.26. The fraction of sp³-hybridized carbons (Fsp3) is 0.483. The summed E-state index contributed by atoms with van der Waals surface area (Å²) >= 11 is 0. The average Bonchev–Trinajstić information content (AvgIpc) is 2.84. The normalized spacial score (nSPS) is 18.6. The fourth-order valence-electron chi connectivity index (χ4n) is 4.39. The number of esters is 1. The minimum Gasteiger partial charge on any atom is -0.490 e. The first kappa shape index (κ1) is 24.1. The molecule has 3 heteroatoms. The first-order chi connectivity index (χ1) is 15.7. The summed E-state index contributed by atoms with van der Waals surface area (Å²) in [7, 11) is 0. The molecule has 0 amide bonds. The number of unbranched alkanes of at least 4 members (excludes halogenated alkanes) is 2. The van der Waals surface area contributed by atoms with Gasteiger partial charge in [0.1, 0.15) is 18.1 Å². The molecule has 0 radical (unpaired) electrons. The second-order valence-electron chi connectivity index (χ2n) is 8.93. The van der Waals surface area contributed by atoms with Crippen LogP contribution in [0, 0.1) is 11.8 Å². The number of ether oxygens (including phenoxy) is 2. The van der Waals surface area contributed by atoms with E-state index in [1.54, 1.807) is 12.1 Å². The zero-order valence-electron chi connectivity index (χ0n) is 19.7. The van der Waals surface area contributed by atoms with Gasteiger partial charge >= 0.3 is 5.97 Å². The molecule has 0 atom stereocenters. The van der Waals surface area contributed by atoms with Crippen molar-refractivity contribution >= 4 is 5.97 Å². The van der Waals surface area contributed by atoms with Crippen LogP contribution in [0.5, 0.6) is 11.5 Å². The zero-order valence-corrected chi connectivity index (χ0v) is 19.7. The number of carbonyl (C=O) groups is 1. The minimum absolute atomic E-state index is 0.356. The van der Waals surface area contributed by atoms with Crippen molar-refractivity contribution in [1.29, 1.82) is 0 Å². The molecule has 3 nitrogen and oxygen atoms in total. The van der Waals surface area contributed by atoms with Gasteiger partial charge in [-0.05, 0) is 85.9 Å². The Kier molecular flexibility index (Phi) is 9.87. The fourth-order valence-corrected chi connectivity index (χ4v) is 4.39. The molecule has 1 aliphatic carbocycles. The molecule has 1 aliphatic rings. The number of benzene rings is 2. The first-order valence-corrected chi connectivity index (χ1v) is 12.4. The van der Waals surface area contributed by atoms with Crippen molar-refractivity contribution in [2.45, 2.75) is 71.6 Å². The summed E-state index contributed by atoms with van der Waals surface area (Å²) in [4.78, 5) is 12.3. The number of hydrogen-bond acceptors (Lipinski definition) is 3. The standard InChI is InChI=1S/C29H38O3/c1-3-5-6-8-24-10-12-25(13-11-24)9-7-22-31-27-20-16-26(17-21-27)29(30)32-28-18-14-23(4-2)15-19-28/h7,9,14-21,24-25H,3-6,8,10-13,22H2,1-2H3. The molecule has 0 N–H and O–H groups in total. The molecule has 0 aromatic heterocycles. The van der Waals surface area contributed by atoms with E-state index in [4.69, 9.17) is 9.47 Å². The predicted octanol–water partition coefficient (Wildman–Crippen LogP) is 7.79. The Morgan fingerprint density at radius 2 is 1.59 bits per heavy atom. The molecule has 172 valence electrons. The van der Waals surface area contributed by atoms with Gasteiger partial charge in [0.05, 0.1) is 5.56 Å². The summed E-state index contributed by atoms with van der Waals surface area (Å²) < 4.78 is 11.3. The largest absolute Gasteiger partial charge is 0.490 e. The third-order valence-corrected chi connectivity index (χ3v) is 6.49. The van der Waals surface area contributed by atoms with Gasteiger partial charge in [0.25, 0.3) is 0 Å². The van der Waals surface area contributed by atoms with Crippen LogP contribution in [0.2, 0.25) is 0 Å². The highest BCUT2D eigenvalue weighted by Crippen LogP contribution is 2.32. The van der Waals surface area contributed by atoms with E-state index in [1.165, 1.54) is 56.9 Å². The molecule has 2 aromatic carbocycles. The van der Waals surface area contributed by atoms with Crippen LogP contribution in [0.1, 0.15) is 81.1 Å². The zero-order chi connectivity index (χ0) is 22.6. The quantitative estimate of drug-likeness (QED) is 0.157. The van der Waals surface area contributed by atoms with Gasteiger partial charge in [-0.3, -0.25) is 0 Å². The van der Waals surface area contributed by atoms with Crippen LogP contribution in [-0.4, -0.2) is 12.6 Å². The molecule has 2 aromatic rings. The second-order valence-corrected chi connectivity index (χ2v) is 8.93. The van der Waals surface area contributed by atoms with Gasteiger partial charge in [0.15, 0.2) is 0 Å². The van der Waals surface area contributed by atoms with Crippen molar-refractivity contribution in [2.24, 2.45) is 11.8 Å². The molecule has 0 aliphatic heterocycles. The Labute approximate surface area is 193 Å². The van der Waals surface area contributed by atoms with Gasteiger partial charge in [-0.2, -0.15) is 0 Å². The number of allylic oxidation sites excluding steroid dienone is 1. The Bertz CT molecular complexity index is 828. The SMILES string of the molecule is CCCCCC1CCC(C=CCOc2ccc(C(=O)Oc3ccc(CC)cc3)cc2)CC1. The van der Waals surface area contributed by atoms with Gasteiger partial charge in [0.2, 0.25) is 0 Å². The number of rotatable bonds is 11. The number of aryl methyl sites for hydroxylation is 1. The van der Waals surface area contributed by atoms with E-state index in [0.29, 0.717) is 23.8 Å². The summed E-state index contributed by atoms with van der Waals surface area (Å²) in [6, 6.07) is 14.8. The van der Waals surface area contributed by atoms with Crippen LogP contribution in [0.3, 0.4) is 0 Å². The minimum atomic E-state index is -0.356. The lowest BCUT2D eigenvalue weighted by atomic mass is 9.79. The van der Waals surface area contributed by atoms with Crippen LogP contribution >= 0.6 is 0 Å². The van der Waals surface area contributed by atoms with E-state index in [0.717, 1.165) is 18.1 Å². The summed E-state index contributed by atoms with van der Waals surface area (Å²) in [6.45, 7) is 4.93. The topological polar surface area (TPSA) is 35.5 Å². The third kappa shape index (κ3) is 7.85. The maximum Gasteiger partial charge on any atom is 0.343 e. The van der Waals surface area contributed by atoms with Crippen molar-refractivity contribution in [2.75, 3.05) is 6.61 Å². The van der Waals surface area contributed by atoms with E-state index in [2.05, 4.69) is 26.0 Å². The van der Waals surface area contributed by atoms with Crippen LogP contribution in [-0.2, 0) is 6.42 Å². The van der Waals surface area contributed by atoms with Crippen LogP contribution in [0.4, 0.5) is 0 Å². The molecule has 3 rings (SSSR count). The molecule has 0 unspecified atom stereocenters. The maximum absolute atomic E-state index is 12.3. The Morgan fingerprint density at radius 1 is 0.906 bits per heavy atom. The van der Waals surface area contributed by atoms with E-state index >= 15 is 0 Å². The Balaban J connectivity index is 1.37. The van der Waals surface area contributed by atoms with Gasteiger partial charge in [0, 0.05) is 0 Å². The summed E-state index contributed by atoms with van der Waals surface area (Å²) in [5, 5.41) is 0. The van der Waals surface area contributed by atoms with Gasteiger partial charge in [-0.15, -0.1) is 0 Å². The lowest BCUT2D eigenvalue weighted by Crippen LogP contribution is -2.13. The second kappa shape index (κ2) is 13.1. The molecule has 1 fully saturated rings. The summed E-state index contributed by atoms with van der Waals surface area (Å²) in [6.07, 6.45) is 16.3. The van der Waals surface area contributed by atoms with Gasteiger partial charge in [-0.1, -0.05) is 63.8 Å². The number of hydrogen-bond donors (Lipinski definition) is 0. The molecule has 32 heavy (non-hydrogen) atoms. The Morgan fingerprint density at radius 3 is 2.25 bits per heavy atom. The average molecular weight is 435 g/mol. The van der Waals surface area contributed by atoms with Gasteiger partial charge < -0.3 is 9.47 Å². The highest BCUT2D eigenvalue weighted by Gasteiger charge is 2.18. The molecule has 0 spiro atoms. The molecule has 0 bridgehead atoms. The Hall–Kier alpha value is -2.55. The maximum atomic E-state index is 12.3. The van der Waals surface area contributed by atoms with Crippen molar-refractivity contribution < 1.29 is 14.3 Å². The van der Waals surface area contributed by atoms with Crippen LogP contribution in [0.25, 0.3) is 0 Å². The van der Waals surface area contributed by atoms with E-state index in [1.807, 2.05) is 36.4 Å². The smallest absolute Gasteiger partial charge is 0.343 e. The highest BCUT2D eigenvalue weighted by atomic mass is 16.5. The molecular formula is C29H38O3. The number of carbonyl (C=O) groups excluding carboxylic acids is 1. The third-order valence-electron chi connectivity index (χ3n) is 6.49. The first-order valence-electron chi connectivity index (χ1n) is 12.4. The van der Waals surface area contributed by atoms with Crippen molar-refractivity contribution in [3.63, 3.8) is 0 Å². The van der Waals surface area contributed by atoms with Crippen LogP contribution in [0.15, 0.2) is 60.7 Å². The van der Waals surface area contributed by atoms with E-state index in [9.17, 15) is 4.79 Å². The summed E-state index contributed by atoms with van der Waals surface area (Å²) in [5.74, 6) is 2.62. The van der Waals surface area contributed by atoms with E-state index < -0.39 is 0 Å². The highest BCUT2D eigenvalue weighted by molar-refractivity contribution is 5.91. The van der Waals surface area contributed by atoms with Crippen molar-refractivity contribution in [3.8, 4) is 11.5 Å². The summed E-state index contributed by atoms with van der Waals surface area (Å²) in [5.41, 5.74) is 1.73. The van der Waals surface area contributed by atoms with Gasteiger partial charge in [-0.25, -0.2) is 4.79 Å². The molecule has 1 saturated carbocycles. The van der Waals surface area contributed by atoms with Crippen molar-refractivity contribution in [1.82, 2.24) is 0 Å².